The van der Waals surface area contributed by atoms with Gasteiger partial charge in [0, 0.05) is 18.8 Å². The highest BCUT2D eigenvalue weighted by Crippen LogP contribution is 2.13. The predicted octanol–water partition coefficient (Wildman–Crippen LogP) is 2.80. The number of nitrogens with one attached hydrogen (secondary N) is 1. The van der Waals surface area contributed by atoms with Crippen molar-refractivity contribution in [2.75, 3.05) is 7.11 Å². The molecular formula is C17H21N3O2. The van der Waals surface area contributed by atoms with Crippen LogP contribution in [-0.2, 0) is 11.3 Å². The molecule has 1 aromatic carbocycles. The molecule has 0 bridgehead atoms. The van der Waals surface area contributed by atoms with Crippen molar-refractivity contribution in [3.05, 3.63) is 53.9 Å². The minimum atomic E-state index is -0.132. The predicted molar refractivity (Wildman–Crippen MR) is 86.5 cm³/mol. The molecule has 5 heteroatoms. The van der Waals surface area contributed by atoms with Gasteiger partial charge in [-0.05, 0) is 43.7 Å². The van der Waals surface area contributed by atoms with Crippen molar-refractivity contribution in [2.45, 2.75) is 26.4 Å². The summed E-state index contributed by atoms with van der Waals surface area (Å²) in [4.78, 5) is 12.0. The van der Waals surface area contributed by atoms with Gasteiger partial charge in [-0.25, -0.2) is 0 Å². The summed E-state index contributed by atoms with van der Waals surface area (Å²) in [5.74, 6) is 0.662. The van der Waals surface area contributed by atoms with E-state index in [2.05, 4.69) is 10.4 Å². The Kier molecular flexibility index (Phi) is 5.36. The van der Waals surface area contributed by atoms with E-state index < -0.39 is 0 Å². The Bertz CT molecular complexity index is 644. The fourth-order valence-electron chi connectivity index (χ4n) is 2.20. The Balaban J connectivity index is 1.95. The van der Waals surface area contributed by atoms with Gasteiger partial charge in [0.2, 0.25) is 5.91 Å². The fourth-order valence-corrected chi connectivity index (χ4v) is 2.20. The zero-order valence-electron chi connectivity index (χ0n) is 13.1. The molecule has 1 N–H and O–H groups in total. The highest BCUT2D eigenvalue weighted by Gasteiger charge is 2.11. The standard InChI is InChI=1S/C17H21N3O2/c1-4-20-16(11-12-18-20)13(2)19-17(21)10-7-14-5-8-15(22-3)9-6-14/h5-13H,4H2,1-3H3,(H,19,21)/b10-7+. The lowest BCUT2D eigenvalue weighted by atomic mass is 10.2. The maximum atomic E-state index is 12.0. The fraction of sp³-hybridized carbons (Fsp3) is 0.294. The van der Waals surface area contributed by atoms with Gasteiger partial charge in [-0.3, -0.25) is 9.48 Å². The number of ether oxygens (including phenoxy) is 1. The monoisotopic (exact) mass is 299 g/mol. The first-order chi connectivity index (χ1) is 10.6. The molecule has 0 saturated heterocycles. The first-order valence-electron chi connectivity index (χ1n) is 7.28. The molecule has 1 amide bonds. The van der Waals surface area contributed by atoms with Crippen LogP contribution in [0, 0.1) is 0 Å². The van der Waals surface area contributed by atoms with Crippen LogP contribution in [0.1, 0.15) is 31.1 Å². The summed E-state index contributed by atoms with van der Waals surface area (Å²) < 4.78 is 6.97. The molecule has 0 aliphatic rings. The molecule has 0 radical (unpaired) electrons. The van der Waals surface area contributed by atoms with E-state index in [4.69, 9.17) is 4.74 Å². The van der Waals surface area contributed by atoms with Crippen LogP contribution in [0.5, 0.6) is 5.75 Å². The largest absolute Gasteiger partial charge is 0.497 e. The van der Waals surface area contributed by atoms with Gasteiger partial charge in [-0.2, -0.15) is 5.10 Å². The second kappa shape index (κ2) is 7.45. The SMILES string of the molecule is CCn1nccc1C(C)NC(=O)/C=C/c1ccc(OC)cc1. The topological polar surface area (TPSA) is 56.2 Å². The third-order valence-corrected chi connectivity index (χ3v) is 3.39. The highest BCUT2D eigenvalue weighted by molar-refractivity contribution is 5.91. The number of hydrogen-bond donors (Lipinski definition) is 1. The third kappa shape index (κ3) is 3.97. The van der Waals surface area contributed by atoms with Crippen LogP contribution < -0.4 is 10.1 Å². The van der Waals surface area contributed by atoms with E-state index >= 15 is 0 Å². The Morgan fingerprint density at radius 2 is 2.09 bits per heavy atom. The Morgan fingerprint density at radius 3 is 2.73 bits per heavy atom. The van der Waals surface area contributed by atoms with Crippen molar-refractivity contribution in [1.29, 1.82) is 0 Å². The average Bonchev–Trinajstić information content (AvgIpc) is 3.02. The Labute approximate surface area is 130 Å². The zero-order chi connectivity index (χ0) is 15.9. The van der Waals surface area contributed by atoms with Gasteiger partial charge in [0.15, 0.2) is 0 Å². The van der Waals surface area contributed by atoms with Crippen molar-refractivity contribution < 1.29 is 9.53 Å². The van der Waals surface area contributed by atoms with Crippen LogP contribution in [0.3, 0.4) is 0 Å². The molecular weight excluding hydrogens is 278 g/mol. The maximum absolute atomic E-state index is 12.0. The van der Waals surface area contributed by atoms with E-state index in [0.717, 1.165) is 23.6 Å². The third-order valence-electron chi connectivity index (χ3n) is 3.39. The quantitative estimate of drug-likeness (QED) is 0.834. The summed E-state index contributed by atoms with van der Waals surface area (Å²) in [6.07, 6.45) is 5.05. The lowest BCUT2D eigenvalue weighted by Crippen LogP contribution is -2.26. The highest BCUT2D eigenvalue weighted by atomic mass is 16.5. The molecule has 1 unspecified atom stereocenters. The number of rotatable bonds is 6. The van der Waals surface area contributed by atoms with Gasteiger partial charge in [0.05, 0.1) is 18.8 Å². The van der Waals surface area contributed by atoms with Gasteiger partial charge in [-0.1, -0.05) is 12.1 Å². The molecule has 0 aliphatic heterocycles. The van der Waals surface area contributed by atoms with Crippen LogP contribution in [-0.4, -0.2) is 22.8 Å². The van der Waals surface area contributed by atoms with Crippen molar-refractivity contribution in [3.63, 3.8) is 0 Å². The molecule has 1 aromatic heterocycles. The molecule has 116 valence electrons. The van der Waals surface area contributed by atoms with Gasteiger partial charge in [-0.15, -0.1) is 0 Å². The number of amides is 1. The number of carbonyl (C=O) groups excluding carboxylic acids is 1. The molecule has 0 spiro atoms. The van der Waals surface area contributed by atoms with E-state index in [1.54, 1.807) is 19.4 Å². The molecule has 22 heavy (non-hydrogen) atoms. The second-order valence-electron chi connectivity index (χ2n) is 4.91. The number of aromatic nitrogens is 2. The van der Waals surface area contributed by atoms with Crippen LogP contribution in [0.4, 0.5) is 0 Å². The first kappa shape index (κ1) is 15.8. The van der Waals surface area contributed by atoms with Gasteiger partial charge in [0.25, 0.3) is 0 Å². The van der Waals surface area contributed by atoms with Crippen molar-refractivity contribution in [2.24, 2.45) is 0 Å². The van der Waals surface area contributed by atoms with Crippen LogP contribution in [0.25, 0.3) is 6.08 Å². The summed E-state index contributed by atoms with van der Waals surface area (Å²) in [5, 5.41) is 7.15. The van der Waals surface area contributed by atoms with Crippen molar-refractivity contribution in [1.82, 2.24) is 15.1 Å². The summed E-state index contributed by atoms with van der Waals surface area (Å²) in [6, 6.07) is 9.35. The van der Waals surface area contributed by atoms with Crippen LogP contribution in [0.15, 0.2) is 42.6 Å². The van der Waals surface area contributed by atoms with E-state index in [1.165, 1.54) is 6.08 Å². The van der Waals surface area contributed by atoms with Crippen molar-refractivity contribution >= 4 is 12.0 Å². The minimum Gasteiger partial charge on any atom is -0.497 e. The van der Waals surface area contributed by atoms with Gasteiger partial charge < -0.3 is 10.1 Å². The number of benzene rings is 1. The molecule has 2 aromatic rings. The number of aryl methyl sites for hydroxylation is 1. The maximum Gasteiger partial charge on any atom is 0.244 e. The van der Waals surface area contributed by atoms with E-state index in [0.29, 0.717) is 0 Å². The summed E-state index contributed by atoms with van der Waals surface area (Å²) >= 11 is 0. The summed E-state index contributed by atoms with van der Waals surface area (Å²) in [7, 11) is 1.63. The van der Waals surface area contributed by atoms with Gasteiger partial charge in [0.1, 0.15) is 5.75 Å². The number of nitrogens with zero attached hydrogens (tertiary/aromatic N) is 2. The Hall–Kier alpha value is -2.56. The molecule has 1 atom stereocenters. The molecule has 5 nitrogen and oxygen atoms in total. The summed E-state index contributed by atoms with van der Waals surface area (Å²) in [5.41, 5.74) is 1.94. The van der Waals surface area contributed by atoms with Gasteiger partial charge >= 0.3 is 0 Å². The lowest BCUT2D eigenvalue weighted by molar-refractivity contribution is -0.117. The lowest BCUT2D eigenvalue weighted by Gasteiger charge is -2.14. The van der Waals surface area contributed by atoms with E-state index in [1.807, 2.05) is 48.9 Å². The van der Waals surface area contributed by atoms with Crippen LogP contribution in [0.2, 0.25) is 0 Å². The molecule has 2 rings (SSSR count). The van der Waals surface area contributed by atoms with Crippen molar-refractivity contribution in [3.8, 4) is 5.75 Å². The van der Waals surface area contributed by atoms with E-state index in [-0.39, 0.29) is 11.9 Å². The molecule has 0 aliphatic carbocycles. The molecule has 0 saturated carbocycles. The number of methoxy groups -OCH3 is 1. The number of carbonyl (C=O) groups is 1. The average molecular weight is 299 g/mol. The molecule has 0 fully saturated rings. The molecule has 1 heterocycles. The zero-order valence-corrected chi connectivity index (χ0v) is 13.1. The summed E-state index contributed by atoms with van der Waals surface area (Å²) in [6.45, 7) is 4.75. The first-order valence-corrected chi connectivity index (χ1v) is 7.28. The Morgan fingerprint density at radius 1 is 1.36 bits per heavy atom. The minimum absolute atomic E-state index is 0.0875. The number of hydrogen-bond acceptors (Lipinski definition) is 3. The second-order valence-corrected chi connectivity index (χ2v) is 4.91. The van der Waals surface area contributed by atoms with Crippen LogP contribution >= 0.6 is 0 Å². The van der Waals surface area contributed by atoms with E-state index in [9.17, 15) is 4.79 Å². The normalized spacial score (nSPS) is 12.3. The smallest absolute Gasteiger partial charge is 0.244 e.